The molecule has 1 aliphatic rings. The Morgan fingerprint density at radius 2 is 2.22 bits per heavy atom. The van der Waals surface area contributed by atoms with Gasteiger partial charge in [-0.25, -0.2) is 9.97 Å². The molecule has 0 radical (unpaired) electrons. The van der Waals surface area contributed by atoms with Crippen molar-refractivity contribution >= 4 is 17.5 Å². The van der Waals surface area contributed by atoms with E-state index in [1.54, 1.807) is 24.4 Å². The van der Waals surface area contributed by atoms with E-state index >= 15 is 0 Å². The first-order valence-corrected chi connectivity index (χ1v) is 8.66. The highest BCUT2D eigenvalue weighted by atomic mass is 16.1. The molecule has 0 spiro atoms. The van der Waals surface area contributed by atoms with Crippen molar-refractivity contribution in [1.29, 1.82) is 0 Å². The number of terminal acetylenes is 1. The molecule has 1 fully saturated rings. The summed E-state index contributed by atoms with van der Waals surface area (Å²) >= 11 is 0. The molecule has 1 amide bonds. The second-order valence-corrected chi connectivity index (χ2v) is 6.54. The van der Waals surface area contributed by atoms with Crippen molar-refractivity contribution in [2.45, 2.75) is 25.2 Å². The van der Waals surface area contributed by atoms with Gasteiger partial charge in [0.05, 0.1) is 5.56 Å². The molecule has 1 saturated carbocycles. The SMILES string of the molecule is C#Cc1cnc(Cc2cccc(C(N)=O)c2)nc1Nc1cc(C2CC2)[nH]n1. The van der Waals surface area contributed by atoms with Gasteiger partial charge in [0.25, 0.3) is 0 Å². The second kappa shape index (κ2) is 6.92. The maximum Gasteiger partial charge on any atom is 0.248 e. The number of benzene rings is 1. The van der Waals surface area contributed by atoms with Crippen LogP contribution in [-0.2, 0) is 6.42 Å². The summed E-state index contributed by atoms with van der Waals surface area (Å²) in [6.07, 6.45) is 10.0. The number of nitrogens with one attached hydrogen (secondary N) is 2. The van der Waals surface area contributed by atoms with Crippen LogP contribution in [-0.4, -0.2) is 26.1 Å². The predicted octanol–water partition coefficient (Wildman–Crippen LogP) is 2.49. The number of nitrogens with two attached hydrogens (primary N) is 1. The van der Waals surface area contributed by atoms with E-state index in [2.05, 4.69) is 31.4 Å². The molecule has 0 unspecified atom stereocenters. The molecule has 0 bridgehead atoms. The number of H-pyrrole nitrogens is 1. The first-order chi connectivity index (χ1) is 13.1. The predicted molar refractivity (Wildman–Crippen MR) is 102 cm³/mol. The van der Waals surface area contributed by atoms with E-state index in [9.17, 15) is 4.79 Å². The third-order valence-electron chi connectivity index (χ3n) is 4.43. The molecule has 134 valence electrons. The molecule has 0 saturated heterocycles. The first-order valence-electron chi connectivity index (χ1n) is 8.66. The maximum atomic E-state index is 11.3. The van der Waals surface area contributed by atoms with Crippen LogP contribution in [0.4, 0.5) is 11.6 Å². The largest absolute Gasteiger partial charge is 0.366 e. The lowest BCUT2D eigenvalue weighted by molar-refractivity contribution is 0.1000. The van der Waals surface area contributed by atoms with Gasteiger partial charge >= 0.3 is 0 Å². The van der Waals surface area contributed by atoms with Gasteiger partial charge in [-0.05, 0) is 30.5 Å². The van der Waals surface area contributed by atoms with Crippen LogP contribution in [0, 0.1) is 12.3 Å². The molecule has 3 aromatic rings. The Hall–Kier alpha value is -3.66. The molecule has 4 rings (SSSR count). The van der Waals surface area contributed by atoms with E-state index in [-0.39, 0.29) is 0 Å². The number of aromatic nitrogens is 4. The van der Waals surface area contributed by atoms with Crippen LogP contribution in [0.25, 0.3) is 0 Å². The van der Waals surface area contributed by atoms with Gasteiger partial charge in [0, 0.05) is 35.9 Å². The molecule has 27 heavy (non-hydrogen) atoms. The first kappa shape index (κ1) is 16.8. The number of carbonyl (C=O) groups excluding carboxylic acids is 1. The highest BCUT2D eigenvalue weighted by Crippen LogP contribution is 2.39. The molecular weight excluding hydrogens is 340 g/mol. The van der Waals surface area contributed by atoms with E-state index in [1.165, 1.54) is 12.8 Å². The third-order valence-corrected chi connectivity index (χ3v) is 4.43. The van der Waals surface area contributed by atoms with E-state index in [0.717, 1.165) is 11.3 Å². The highest BCUT2D eigenvalue weighted by molar-refractivity contribution is 5.92. The minimum Gasteiger partial charge on any atom is -0.366 e. The standard InChI is InChI=1S/C20H18N6O/c1-2-13-11-22-17(9-12-4-3-5-15(8-12)19(21)27)23-20(13)24-18-10-16(25-26-18)14-6-7-14/h1,3-5,8,10-11,14H,6-7,9H2,(H2,21,27)(H2,22,23,24,25,26). The number of rotatable bonds is 6. The summed E-state index contributed by atoms with van der Waals surface area (Å²) in [5.41, 5.74) is 8.36. The summed E-state index contributed by atoms with van der Waals surface area (Å²) < 4.78 is 0. The Labute approximate surface area is 156 Å². The molecule has 2 heterocycles. The highest BCUT2D eigenvalue weighted by Gasteiger charge is 2.25. The lowest BCUT2D eigenvalue weighted by Crippen LogP contribution is -2.11. The smallest absolute Gasteiger partial charge is 0.248 e. The normalized spacial score (nSPS) is 13.1. The second-order valence-electron chi connectivity index (χ2n) is 6.54. The van der Waals surface area contributed by atoms with Crippen LogP contribution < -0.4 is 11.1 Å². The summed E-state index contributed by atoms with van der Waals surface area (Å²) in [6, 6.07) is 9.08. The quantitative estimate of drug-likeness (QED) is 0.587. The number of anilines is 2. The number of hydrogen-bond acceptors (Lipinski definition) is 5. The fourth-order valence-corrected chi connectivity index (χ4v) is 2.85. The van der Waals surface area contributed by atoms with E-state index in [1.807, 2.05) is 12.1 Å². The Balaban J connectivity index is 1.57. The van der Waals surface area contributed by atoms with Gasteiger partial charge in [0.1, 0.15) is 5.82 Å². The summed E-state index contributed by atoms with van der Waals surface area (Å²) in [5, 5.41) is 10.5. The van der Waals surface area contributed by atoms with Gasteiger partial charge < -0.3 is 11.1 Å². The molecule has 1 aliphatic carbocycles. The van der Waals surface area contributed by atoms with Crippen molar-refractivity contribution in [3.8, 4) is 12.3 Å². The average molecular weight is 358 g/mol. The van der Waals surface area contributed by atoms with E-state index in [4.69, 9.17) is 12.2 Å². The minimum atomic E-state index is -0.465. The monoisotopic (exact) mass is 358 g/mol. The fourth-order valence-electron chi connectivity index (χ4n) is 2.85. The van der Waals surface area contributed by atoms with Gasteiger partial charge in [0.15, 0.2) is 11.6 Å². The topological polar surface area (TPSA) is 110 Å². The fraction of sp³-hybridized carbons (Fsp3) is 0.200. The minimum absolute atomic E-state index is 0.453. The Morgan fingerprint density at radius 1 is 1.37 bits per heavy atom. The van der Waals surface area contributed by atoms with Crippen LogP contribution in [0.2, 0.25) is 0 Å². The van der Waals surface area contributed by atoms with Gasteiger partial charge in [0.2, 0.25) is 5.91 Å². The van der Waals surface area contributed by atoms with Crippen molar-refractivity contribution in [3.63, 3.8) is 0 Å². The zero-order valence-corrected chi connectivity index (χ0v) is 14.6. The zero-order valence-electron chi connectivity index (χ0n) is 14.6. The molecule has 0 atom stereocenters. The Kier molecular flexibility index (Phi) is 4.30. The summed E-state index contributed by atoms with van der Waals surface area (Å²) in [7, 11) is 0. The third kappa shape index (κ3) is 3.80. The van der Waals surface area contributed by atoms with Crippen molar-refractivity contribution < 1.29 is 4.79 Å². The van der Waals surface area contributed by atoms with E-state index < -0.39 is 5.91 Å². The maximum absolute atomic E-state index is 11.3. The van der Waals surface area contributed by atoms with Gasteiger partial charge in [-0.15, -0.1) is 6.42 Å². The molecule has 2 aromatic heterocycles. The van der Waals surface area contributed by atoms with Crippen molar-refractivity contribution in [3.05, 3.63) is 64.7 Å². The van der Waals surface area contributed by atoms with Crippen LogP contribution in [0.3, 0.4) is 0 Å². The molecule has 4 N–H and O–H groups in total. The number of amides is 1. The number of primary amides is 1. The molecule has 0 aliphatic heterocycles. The lowest BCUT2D eigenvalue weighted by Gasteiger charge is -2.08. The molecule has 1 aromatic carbocycles. The van der Waals surface area contributed by atoms with Crippen molar-refractivity contribution in [1.82, 2.24) is 20.2 Å². The lowest BCUT2D eigenvalue weighted by atomic mass is 10.1. The van der Waals surface area contributed by atoms with Crippen LogP contribution >= 0.6 is 0 Å². The number of carbonyl (C=O) groups is 1. The summed E-state index contributed by atoms with van der Waals surface area (Å²) in [4.78, 5) is 20.2. The number of hydrogen-bond donors (Lipinski definition) is 3. The molecular formula is C20H18N6O. The van der Waals surface area contributed by atoms with E-state index in [0.29, 0.717) is 40.9 Å². The van der Waals surface area contributed by atoms with Crippen LogP contribution in [0.1, 0.15) is 51.8 Å². The molecule has 7 heteroatoms. The van der Waals surface area contributed by atoms with Gasteiger partial charge in [-0.3, -0.25) is 9.89 Å². The average Bonchev–Trinajstić information content (AvgIpc) is 3.42. The summed E-state index contributed by atoms with van der Waals surface area (Å²) in [6.45, 7) is 0. The van der Waals surface area contributed by atoms with Gasteiger partial charge in [-0.2, -0.15) is 5.10 Å². The van der Waals surface area contributed by atoms with Crippen molar-refractivity contribution in [2.75, 3.05) is 5.32 Å². The van der Waals surface area contributed by atoms with Gasteiger partial charge in [-0.1, -0.05) is 18.1 Å². The van der Waals surface area contributed by atoms with Crippen LogP contribution in [0.5, 0.6) is 0 Å². The zero-order chi connectivity index (χ0) is 18.8. The summed E-state index contributed by atoms with van der Waals surface area (Å²) in [5.74, 6) is 4.49. The Bertz CT molecular complexity index is 1040. The number of aromatic amines is 1. The van der Waals surface area contributed by atoms with Crippen molar-refractivity contribution in [2.24, 2.45) is 5.73 Å². The number of nitrogens with zero attached hydrogens (tertiary/aromatic N) is 3. The Morgan fingerprint density at radius 3 is 2.96 bits per heavy atom. The van der Waals surface area contributed by atoms with Crippen LogP contribution in [0.15, 0.2) is 36.5 Å². The molecule has 7 nitrogen and oxygen atoms in total.